The van der Waals surface area contributed by atoms with Crippen LogP contribution in [0.1, 0.15) is 37.0 Å². The van der Waals surface area contributed by atoms with Gasteiger partial charge in [0.05, 0.1) is 0 Å². The summed E-state index contributed by atoms with van der Waals surface area (Å²) in [4.78, 5) is 17.9. The average molecular weight is 284 g/mol. The Hall–Kier alpha value is -1.13. The van der Waals surface area contributed by atoms with E-state index < -0.39 is 0 Å². The van der Waals surface area contributed by atoms with Crippen molar-refractivity contribution in [1.29, 1.82) is 0 Å². The van der Waals surface area contributed by atoms with Crippen molar-refractivity contribution in [3.05, 3.63) is 29.0 Å². The van der Waals surface area contributed by atoms with E-state index in [1.807, 2.05) is 0 Å². The summed E-state index contributed by atoms with van der Waals surface area (Å²) in [6.07, 6.45) is 3.59. The second kappa shape index (κ2) is 8.12. The van der Waals surface area contributed by atoms with Gasteiger partial charge in [-0.25, -0.2) is 4.98 Å². The predicted molar refractivity (Wildman–Crippen MR) is 78.6 cm³/mol. The normalized spacial score (nSPS) is 11.1. The molecule has 5 heteroatoms. The molecule has 1 aromatic heterocycles. The topological polar surface area (TPSA) is 45.2 Å². The molecule has 106 valence electrons. The Balaban J connectivity index is 2.21. The molecule has 0 aliphatic heterocycles. The minimum Gasteiger partial charge on any atom is -0.352 e. The van der Waals surface area contributed by atoms with E-state index in [-0.39, 0.29) is 5.91 Å². The van der Waals surface area contributed by atoms with E-state index in [2.05, 4.69) is 36.1 Å². The quantitative estimate of drug-likeness (QED) is 0.618. The Kier molecular flexibility index (Phi) is 6.81. The third-order valence-electron chi connectivity index (χ3n) is 3.09. The number of amides is 1. The maximum atomic E-state index is 11.8. The van der Waals surface area contributed by atoms with Gasteiger partial charge >= 0.3 is 0 Å². The Morgan fingerprint density at radius 1 is 1.47 bits per heavy atom. The fourth-order valence-corrected chi connectivity index (χ4v) is 1.77. The molecule has 4 nitrogen and oxygen atoms in total. The maximum absolute atomic E-state index is 11.8. The fraction of sp³-hybridized carbons (Fsp3) is 0.571. The number of carbonyl (C=O) groups is 1. The second-order valence-corrected chi connectivity index (χ2v) is 5.29. The molecule has 0 spiro atoms. The summed E-state index contributed by atoms with van der Waals surface area (Å²) >= 11 is 5.74. The lowest BCUT2D eigenvalue weighted by molar-refractivity contribution is 0.0952. The predicted octanol–water partition coefficient (Wildman–Crippen LogP) is 2.59. The van der Waals surface area contributed by atoms with Crippen molar-refractivity contribution in [1.82, 2.24) is 15.2 Å². The Morgan fingerprint density at radius 2 is 2.21 bits per heavy atom. The Bertz CT molecular complexity index is 409. The monoisotopic (exact) mass is 283 g/mol. The molecule has 0 saturated carbocycles. The van der Waals surface area contributed by atoms with Gasteiger partial charge in [0.25, 0.3) is 5.91 Å². The number of hydrogen-bond donors (Lipinski definition) is 1. The van der Waals surface area contributed by atoms with Crippen LogP contribution in [0.5, 0.6) is 0 Å². The van der Waals surface area contributed by atoms with E-state index in [9.17, 15) is 4.79 Å². The van der Waals surface area contributed by atoms with Crippen LogP contribution in [0.15, 0.2) is 18.3 Å². The van der Waals surface area contributed by atoms with Crippen LogP contribution in [0.3, 0.4) is 0 Å². The summed E-state index contributed by atoms with van der Waals surface area (Å²) in [6.45, 7) is 6.09. The van der Waals surface area contributed by atoms with Gasteiger partial charge in [-0.1, -0.05) is 11.6 Å². The van der Waals surface area contributed by atoms with E-state index in [0.717, 1.165) is 19.4 Å². The van der Waals surface area contributed by atoms with Crippen molar-refractivity contribution in [3.63, 3.8) is 0 Å². The minimum atomic E-state index is -0.0958. The molecule has 0 radical (unpaired) electrons. The maximum Gasteiger partial charge on any atom is 0.251 e. The first-order valence-corrected chi connectivity index (χ1v) is 6.98. The summed E-state index contributed by atoms with van der Waals surface area (Å²) in [7, 11) is 2.11. The molecule has 1 aromatic rings. The highest BCUT2D eigenvalue weighted by Gasteiger charge is 2.06. The number of unbranched alkanes of at least 4 members (excludes halogenated alkanes) is 1. The lowest BCUT2D eigenvalue weighted by atomic mass is 10.2. The molecule has 0 atom stereocenters. The zero-order valence-corrected chi connectivity index (χ0v) is 12.6. The third kappa shape index (κ3) is 6.03. The van der Waals surface area contributed by atoms with E-state index in [4.69, 9.17) is 11.6 Å². The van der Waals surface area contributed by atoms with E-state index >= 15 is 0 Å². The average Bonchev–Trinajstić information content (AvgIpc) is 2.37. The van der Waals surface area contributed by atoms with E-state index in [1.54, 1.807) is 12.1 Å². The molecule has 1 heterocycles. The summed E-state index contributed by atoms with van der Waals surface area (Å²) < 4.78 is 0. The number of pyridine rings is 1. The van der Waals surface area contributed by atoms with Gasteiger partial charge in [0.2, 0.25) is 0 Å². The molecule has 0 aliphatic carbocycles. The molecule has 0 saturated heterocycles. The zero-order chi connectivity index (χ0) is 14.3. The highest BCUT2D eigenvalue weighted by molar-refractivity contribution is 6.29. The smallest absolute Gasteiger partial charge is 0.251 e. The van der Waals surface area contributed by atoms with E-state index in [0.29, 0.717) is 23.3 Å². The number of rotatable bonds is 7. The molecule has 1 rings (SSSR count). The van der Waals surface area contributed by atoms with Crippen molar-refractivity contribution in [2.45, 2.75) is 32.7 Å². The van der Waals surface area contributed by atoms with Gasteiger partial charge in [-0.05, 0) is 52.4 Å². The van der Waals surface area contributed by atoms with Gasteiger partial charge in [0.1, 0.15) is 5.15 Å². The van der Waals surface area contributed by atoms with Crippen LogP contribution >= 0.6 is 11.6 Å². The zero-order valence-electron chi connectivity index (χ0n) is 11.8. The molecule has 1 amide bonds. The minimum absolute atomic E-state index is 0.0958. The number of hydrogen-bond acceptors (Lipinski definition) is 3. The number of nitrogens with one attached hydrogen (secondary N) is 1. The van der Waals surface area contributed by atoms with Crippen molar-refractivity contribution in [2.24, 2.45) is 0 Å². The molecule has 0 unspecified atom stereocenters. The molecular formula is C14H22ClN3O. The third-order valence-corrected chi connectivity index (χ3v) is 3.30. The van der Waals surface area contributed by atoms with Crippen LogP contribution in [0, 0.1) is 0 Å². The van der Waals surface area contributed by atoms with Crippen molar-refractivity contribution < 1.29 is 4.79 Å². The first-order valence-electron chi connectivity index (χ1n) is 6.60. The van der Waals surface area contributed by atoms with Gasteiger partial charge in [-0.15, -0.1) is 0 Å². The molecule has 1 N–H and O–H groups in total. The number of nitrogens with zero attached hydrogens (tertiary/aromatic N) is 2. The number of carbonyl (C=O) groups excluding carboxylic acids is 1. The summed E-state index contributed by atoms with van der Waals surface area (Å²) in [5.74, 6) is -0.0958. The standard InChI is InChI=1S/C14H22ClN3O/c1-11(2)18(3)9-5-4-7-17-14(19)12-6-8-16-13(15)10-12/h6,8,10-11H,4-5,7,9H2,1-3H3,(H,17,19). The van der Waals surface area contributed by atoms with Gasteiger partial charge < -0.3 is 10.2 Å². The molecule has 0 fully saturated rings. The van der Waals surface area contributed by atoms with Crippen LogP contribution in [0.25, 0.3) is 0 Å². The van der Waals surface area contributed by atoms with Crippen LogP contribution in [-0.4, -0.2) is 42.0 Å². The SMILES string of the molecule is CC(C)N(C)CCCCNC(=O)c1ccnc(Cl)c1. The highest BCUT2D eigenvalue weighted by atomic mass is 35.5. The molecule has 0 aliphatic rings. The van der Waals surface area contributed by atoms with Crippen LogP contribution in [0.4, 0.5) is 0 Å². The van der Waals surface area contributed by atoms with Crippen molar-refractivity contribution in [3.8, 4) is 0 Å². The first kappa shape index (κ1) is 15.9. The van der Waals surface area contributed by atoms with Gasteiger partial charge in [-0.2, -0.15) is 0 Å². The molecular weight excluding hydrogens is 262 g/mol. The lowest BCUT2D eigenvalue weighted by Gasteiger charge is -2.20. The number of aromatic nitrogens is 1. The van der Waals surface area contributed by atoms with Crippen LogP contribution < -0.4 is 5.32 Å². The molecule has 0 aromatic carbocycles. The lowest BCUT2D eigenvalue weighted by Crippen LogP contribution is -2.29. The first-order chi connectivity index (χ1) is 9.00. The fourth-order valence-electron chi connectivity index (χ4n) is 1.59. The summed E-state index contributed by atoms with van der Waals surface area (Å²) in [5, 5.41) is 3.22. The summed E-state index contributed by atoms with van der Waals surface area (Å²) in [6, 6.07) is 3.80. The van der Waals surface area contributed by atoms with E-state index in [1.165, 1.54) is 6.20 Å². The largest absolute Gasteiger partial charge is 0.352 e. The van der Waals surface area contributed by atoms with Gasteiger partial charge in [0.15, 0.2) is 0 Å². The van der Waals surface area contributed by atoms with Crippen LogP contribution in [0.2, 0.25) is 5.15 Å². The van der Waals surface area contributed by atoms with Gasteiger partial charge in [0, 0.05) is 24.3 Å². The summed E-state index contributed by atoms with van der Waals surface area (Å²) in [5.41, 5.74) is 0.555. The molecule has 19 heavy (non-hydrogen) atoms. The van der Waals surface area contributed by atoms with Gasteiger partial charge in [-0.3, -0.25) is 4.79 Å². The van der Waals surface area contributed by atoms with Crippen molar-refractivity contribution in [2.75, 3.05) is 20.1 Å². The van der Waals surface area contributed by atoms with Crippen LogP contribution in [-0.2, 0) is 0 Å². The Labute approximate surface area is 120 Å². The number of halogens is 1. The Morgan fingerprint density at radius 3 is 2.84 bits per heavy atom. The molecule has 0 bridgehead atoms. The second-order valence-electron chi connectivity index (χ2n) is 4.90. The van der Waals surface area contributed by atoms with Crippen molar-refractivity contribution >= 4 is 17.5 Å². The highest BCUT2D eigenvalue weighted by Crippen LogP contribution is 2.06.